The van der Waals surface area contributed by atoms with E-state index in [1.807, 2.05) is 6.92 Å². The number of aromatic nitrogens is 1. The molecule has 1 amide bonds. The minimum absolute atomic E-state index is 0.195. The molecule has 0 aliphatic rings. The molecule has 2 rings (SSSR count). The quantitative estimate of drug-likeness (QED) is 0.797. The van der Waals surface area contributed by atoms with Crippen LogP contribution in [0.2, 0.25) is 0 Å². The number of amides is 1. The first-order valence-electron chi connectivity index (χ1n) is 6.28. The number of rotatable bonds is 3. The van der Waals surface area contributed by atoms with Gasteiger partial charge < -0.3 is 16.2 Å². The average Bonchev–Trinajstić information content (AvgIpc) is 2.48. The highest BCUT2D eigenvalue weighted by Gasteiger charge is 2.11. The van der Waals surface area contributed by atoms with Gasteiger partial charge >= 0.3 is 0 Å². The molecule has 1 aromatic heterocycles. The molecule has 0 spiro atoms. The van der Waals surface area contributed by atoms with E-state index in [-0.39, 0.29) is 18.2 Å². The number of carbonyl (C=O) groups excluding carboxylic acids is 1. The predicted molar refractivity (Wildman–Crippen MR) is 77.7 cm³/mol. The van der Waals surface area contributed by atoms with E-state index in [1.54, 1.807) is 37.4 Å². The molecule has 1 heterocycles. The van der Waals surface area contributed by atoms with E-state index < -0.39 is 0 Å². The fourth-order valence-corrected chi connectivity index (χ4v) is 1.90. The van der Waals surface area contributed by atoms with Gasteiger partial charge in [-0.15, -0.1) is 0 Å². The molecule has 0 saturated heterocycles. The minimum Gasteiger partial charge on any atom is -0.507 e. The van der Waals surface area contributed by atoms with Crippen molar-refractivity contribution >= 4 is 11.6 Å². The van der Waals surface area contributed by atoms with Crippen molar-refractivity contribution in [3.05, 3.63) is 52.8 Å². The molecule has 0 unspecified atom stereocenters. The van der Waals surface area contributed by atoms with Crippen LogP contribution in [-0.2, 0) is 6.54 Å². The van der Waals surface area contributed by atoms with Gasteiger partial charge in [-0.3, -0.25) is 9.78 Å². The van der Waals surface area contributed by atoms with Crippen molar-refractivity contribution in [1.29, 1.82) is 0 Å². The first-order chi connectivity index (χ1) is 9.52. The van der Waals surface area contributed by atoms with Gasteiger partial charge in [-0.1, -0.05) is 6.07 Å². The van der Waals surface area contributed by atoms with Crippen LogP contribution in [0, 0.1) is 13.8 Å². The lowest BCUT2D eigenvalue weighted by Crippen LogP contribution is -2.14. The van der Waals surface area contributed by atoms with Gasteiger partial charge in [0.1, 0.15) is 5.75 Å². The zero-order valence-corrected chi connectivity index (χ0v) is 11.5. The van der Waals surface area contributed by atoms with Crippen molar-refractivity contribution in [3.63, 3.8) is 0 Å². The summed E-state index contributed by atoms with van der Waals surface area (Å²) in [6.07, 6.45) is 1.55. The lowest BCUT2D eigenvalue weighted by atomic mass is 10.1. The maximum absolute atomic E-state index is 12.2. The van der Waals surface area contributed by atoms with E-state index in [9.17, 15) is 9.90 Å². The number of hydrogen-bond acceptors (Lipinski definition) is 4. The number of hydrogen-bond donors (Lipinski definition) is 3. The van der Waals surface area contributed by atoms with Crippen LogP contribution < -0.4 is 11.1 Å². The van der Waals surface area contributed by atoms with Crippen LogP contribution in [0.15, 0.2) is 30.5 Å². The molecule has 0 aliphatic heterocycles. The zero-order chi connectivity index (χ0) is 14.7. The van der Waals surface area contributed by atoms with E-state index in [0.717, 1.165) is 5.56 Å². The molecule has 0 saturated carbocycles. The molecule has 1 aromatic carbocycles. The summed E-state index contributed by atoms with van der Waals surface area (Å²) in [6, 6.07) is 6.81. The highest BCUT2D eigenvalue weighted by Crippen LogP contribution is 2.28. The Kier molecular flexibility index (Phi) is 4.00. The first kappa shape index (κ1) is 14.0. The normalized spacial score (nSPS) is 10.3. The van der Waals surface area contributed by atoms with E-state index in [0.29, 0.717) is 22.5 Å². The molecular weight excluding hydrogens is 254 g/mol. The molecule has 5 nitrogen and oxygen atoms in total. The van der Waals surface area contributed by atoms with Gasteiger partial charge in [0.05, 0.1) is 5.69 Å². The third-order valence-electron chi connectivity index (χ3n) is 3.17. The average molecular weight is 271 g/mol. The maximum Gasteiger partial charge on any atom is 0.255 e. The Balaban J connectivity index is 2.25. The Morgan fingerprint density at radius 3 is 2.80 bits per heavy atom. The standard InChI is InChI=1S/C15H17N3O2/c1-9-3-4-13(10(2)14(9)19)18-15(20)11-5-6-17-12(7-11)8-16/h3-7,19H,8,16H2,1-2H3,(H,18,20). The first-order valence-corrected chi connectivity index (χ1v) is 6.28. The van der Waals surface area contributed by atoms with Crippen LogP contribution >= 0.6 is 0 Å². The van der Waals surface area contributed by atoms with Crippen molar-refractivity contribution in [1.82, 2.24) is 4.98 Å². The lowest BCUT2D eigenvalue weighted by molar-refractivity contribution is 0.102. The number of pyridine rings is 1. The van der Waals surface area contributed by atoms with Crippen molar-refractivity contribution in [2.75, 3.05) is 5.32 Å². The molecule has 20 heavy (non-hydrogen) atoms. The summed E-state index contributed by atoms with van der Waals surface area (Å²) in [5.41, 5.74) is 8.65. The number of phenols is 1. The van der Waals surface area contributed by atoms with Crippen LogP contribution in [0.25, 0.3) is 0 Å². The fourth-order valence-electron chi connectivity index (χ4n) is 1.90. The Morgan fingerprint density at radius 1 is 1.35 bits per heavy atom. The molecule has 4 N–H and O–H groups in total. The monoisotopic (exact) mass is 271 g/mol. The Morgan fingerprint density at radius 2 is 2.10 bits per heavy atom. The predicted octanol–water partition coefficient (Wildman–Crippen LogP) is 2.12. The summed E-state index contributed by atoms with van der Waals surface area (Å²) in [7, 11) is 0. The molecular formula is C15H17N3O2. The summed E-state index contributed by atoms with van der Waals surface area (Å²) in [5.74, 6) is -0.0615. The zero-order valence-electron chi connectivity index (χ0n) is 11.5. The second-order valence-electron chi connectivity index (χ2n) is 4.60. The van der Waals surface area contributed by atoms with Gasteiger partial charge in [0.25, 0.3) is 5.91 Å². The van der Waals surface area contributed by atoms with Gasteiger partial charge in [0.2, 0.25) is 0 Å². The van der Waals surface area contributed by atoms with Gasteiger partial charge in [-0.25, -0.2) is 0 Å². The van der Waals surface area contributed by atoms with Crippen LogP contribution in [-0.4, -0.2) is 16.0 Å². The molecule has 0 atom stereocenters. The van der Waals surface area contributed by atoms with E-state index in [4.69, 9.17) is 5.73 Å². The molecule has 2 aromatic rings. The highest BCUT2D eigenvalue weighted by molar-refractivity contribution is 6.04. The van der Waals surface area contributed by atoms with Crippen LogP contribution in [0.4, 0.5) is 5.69 Å². The number of phenolic OH excluding ortho intramolecular Hbond substituents is 1. The van der Waals surface area contributed by atoms with Gasteiger partial charge in [0.15, 0.2) is 0 Å². The molecule has 0 bridgehead atoms. The number of anilines is 1. The number of carbonyl (C=O) groups is 1. The molecule has 0 fully saturated rings. The summed E-state index contributed by atoms with van der Waals surface area (Å²) < 4.78 is 0. The summed E-state index contributed by atoms with van der Waals surface area (Å²) in [4.78, 5) is 16.2. The van der Waals surface area contributed by atoms with Crippen LogP contribution in [0.5, 0.6) is 5.75 Å². The molecule has 104 valence electrons. The number of aryl methyl sites for hydroxylation is 1. The third-order valence-corrected chi connectivity index (χ3v) is 3.17. The van der Waals surface area contributed by atoms with Gasteiger partial charge in [0, 0.05) is 29.6 Å². The second kappa shape index (κ2) is 5.71. The van der Waals surface area contributed by atoms with Crippen molar-refractivity contribution in [2.45, 2.75) is 20.4 Å². The summed E-state index contributed by atoms with van der Waals surface area (Å²) >= 11 is 0. The number of nitrogens with zero attached hydrogens (tertiary/aromatic N) is 1. The van der Waals surface area contributed by atoms with Crippen LogP contribution in [0.3, 0.4) is 0 Å². The van der Waals surface area contributed by atoms with E-state index >= 15 is 0 Å². The van der Waals surface area contributed by atoms with Crippen LogP contribution in [0.1, 0.15) is 27.2 Å². The smallest absolute Gasteiger partial charge is 0.255 e. The Hall–Kier alpha value is -2.40. The SMILES string of the molecule is Cc1ccc(NC(=O)c2ccnc(CN)c2)c(C)c1O. The largest absolute Gasteiger partial charge is 0.507 e. The topological polar surface area (TPSA) is 88.2 Å². The molecule has 5 heteroatoms. The number of benzene rings is 1. The lowest BCUT2D eigenvalue weighted by Gasteiger charge is -2.11. The summed E-state index contributed by atoms with van der Waals surface area (Å²) in [5, 5.41) is 12.7. The Labute approximate surface area is 117 Å². The number of aromatic hydroxyl groups is 1. The third kappa shape index (κ3) is 2.78. The van der Waals surface area contributed by atoms with E-state index in [2.05, 4.69) is 10.3 Å². The van der Waals surface area contributed by atoms with Crippen molar-refractivity contribution in [2.24, 2.45) is 5.73 Å². The fraction of sp³-hybridized carbons (Fsp3) is 0.200. The van der Waals surface area contributed by atoms with Crippen molar-refractivity contribution < 1.29 is 9.90 Å². The molecule has 0 radical (unpaired) electrons. The maximum atomic E-state index is 12.2. The number of nitrogens with two attached hydrogens (primary N) is 1. The highest BCUT2D eigenvalue weighted by atomic mass is 16.3. The van der Waals surface area contributed by atoms with Gasteiger partial charge in [-0.2, -0.15) is 0 Å². The molecule has 0 aliphatic carbocycles. The Bertz CT molecular complexity index is 654. The van der Waals surface area contributed by atoms with E-state index in [1.165, 1.54) is 0 Å². The summed E-state index contributed by atoms with van der Waals surface area (Å²) in [6.45, 7) is 3.85. The second-order valence-corrected chi connectivity index (χ2v) is 4.60. The minimum atomic E-state index is -0.256. The number of nitrogens with one attached hydrogen (secondary N) is 1. The van der Waals surface area contributed by atoms with Crippen molar-refractivity contribution in [3.8, 4) is 5.75 Å². The van der Waals surface area contributed by atoms with Gasteiger partial charge in [-0.05, 0) is 37.6 Å².